The molecule has 2 atom stereocenters. The van der Waals surface area contributed by atoms with E-state index < -0.39 is 0 Å². The molecule has 2 heterocycles. The summed E-state index contributed by atoms with van der Waals surface area (Å²) in [5.41, 5.74) is 0. The maximum Gasteiger partial charge on any atom is 0.00225 e. The van der Waals surface area contributed by atoms with Gasteiger partial charge in [0.05, 0.1) is 0 Å². The van der Waals surface area contributed by atoms with Gasteiger partial charge in [0.1, 0.15) is 0 Å². The van der Waals surface area contributed by atoms with Crippen LogP contribution in [0.2, 0.25) is 0 Å². The van der Waals surface area contributed by atoms with Crippen molar-refractivity contribution in [3.63, 3.8) is 0 Å². The van der Waals surface area contributed by atoms with E-state index in [1.165, 1.54) is 26.2 Å². The Labute approximate surface area is 68.4 Å². The second-order valence-corrected chi connectivity index (χ2v) is 3.40. The van der Waals surface area contributed by atoms with Crippen LogP contribution in [-0.4, -0.2) is 38.1 Å². The number of fused-ring (bicyclic) bond motifs is 1. The van der Waals surface area contributed by atoms with Crippen molar-refractivity contribution in [3.05, 3.63) is 0 Å². The van der Waals surface area contributed by atoms with E-state index >= 15 is 0 Å². The lowest BCUT2D eigenvalue weighted by molar-refractivity contribution is 0.382. The largest absolute Gasteiger partial charge is 0.316 e. The van der Waals surface area contributed by atoms with Crippen LogP contribution in [0.25, 0.3) is 0 Å². The van der Waals surface area contributed by atoms with E-state index in [2.05, 4.69) is 17.3 Å². The first-order chi connectivity index (χ1) is 4.36. The van der Waals surface area contributed by atoms with E-state index in [0.29, 0.717) is 0 Å². The summed E-state index contributed by atoms with van der Waals surface area (Å²) in [5.74, 6) is 1.94. The molecule has 2 rings (SSSR count). The van der Waals surface area contributed by atoms with E-state index in [9.17, 15) is 0 Å². The molecular formula is C7H15ClN2. The summed E-state index contributed by atoms with van der Waals surface area (Å²) in [6.45, 7) is 5.15. The molecule has 2 nitrogen and oxygen atoms in total. The minimum absolute atomic E-state index is 0. The molecule has 10 heavy (non-hydrogen) atoms. The molecule has 0 aromatic rings. The van der Waals surface area contributed by atoms with Gasteiger partial charge in [-0.25, -0.2) is 0 Å². The Morgan fingerprint density at radius 3 is 2.20 bits per heavy atom. The Morgan fingerprint density at radius 2 is 1.70 bits per heavy atom. The molecule has 0 amide bonds. The third-order valence-corrected chi connectivity index (χ3v) is 2.57. The summed E-state index contributed by atoms with van der Waals surface area (Å²) in [4.78, 5) is 2.44. The van der Waals surface area contributed by atoms with E-state index in [1.54, 1.807) is 0 Å². The molecule has 0 bridgehead atoms. The van der Waals surface area contributed by atoms with Crippen LogP contribution in [0, 0.1) is 11.8 Å². The Kier molecular flexibility index (Phi) is 2.55. The highest BCUT2D eigenvalue weighted by molar-refractivity contribution is 5.85. The van der Waals surface area contributed by atoms with Crippen LogP contribution in [0.3, 0.4) is 0 Å². The number of nitrogens with zero attached hydrogens (tertiary/aromatic N) is 1. The van der Waals surface area contributed by atoms with Crippen molar-refractivity contribution in [1.82, 2.24) is 10.2 Å². The molecule has 0 radical (unpaired) electrons. The van der Waals surface area contributed by atoms with Gasteiger partial charge in [-0.1, -0.05) is 0 Å². The van der Waals surface area contributed by atoms with E-state index in [4.69, 9.17) is 0 Å². The summed E-state index contributed by atoms with van der Waals surface area (Å²) < 4.78 is 0. The Hall–Kier alpha value is 0.210. The van der Waals surface area contributed by atoms with Crippen molar-refractivity contribution < 1.29 is 0 Å². The first kappa shape index (κ1) is 8.31. The van der Waals surface area contributed by atoms with Gasteiger partial charge in [-0.2, -0.15) is 0 Å². The van der Waals surface area contributed by atoms with Gasteiger partial charge in [-0.15, -0.1) is 12.4 Å². The third kappa shape index (κ3) is 1.29. The summed E-state index contributed by atoms with van der Waals surface area (Å²) >= 11 is 0. The Morgan fingerprint density at radius 1 is 1.20 bits per heavy atom. The van der Waals surface area contributed by atoms with Gasteiger partial charge < -0.3 is 10.2 Å². The highest BCUT2D eigenvalue weighted by atomic mass is 35.5. The topological polar surface area (TPSA) is 15.3 Å². The van der Waals surface area contributed by atoms with Crippen LogP contribution in [-0.2, 0) is 0 Å². The molecular weight excluding hydrogens is 148 g/mol. The van der Waals surface area contributed by atoms with Crippen molar-refractivity contribution in [2.75, 3.05) is 33.2 Å². The highest BCUT2D eigenvalue weighted by Crippen LogP contribution is 2.24. The van der Waals surface area contributed by atoms with Gasteiger partial charge in [0.2, 0.25) is 0 Å². The minimum Gasteiger partial charge on any atom is -0.316 e. The standard InChI is InChI=1S/C7H14N2.ClH/c1-9-4-6-2-8-3-7(6)5-9;/h6-8H,2-5H2,1H3;1H/t6-,7?;/m0./s1. The van der Waals surface area contributed by atoms with Crippen molar-refractivity contribution in [3.8, 4) is 0 Å². The summed E-state index contributed by atoms with van der Waals surface area (Å²) in [6.07, 6.45) is 0. The maximum absolute atomic E-state index is 3.42. The lowest BCUT2D eigenvalue weighted by Crippen LogP contribution is -2.21. The van der Waals surface area contributed by atoms with Crippen molar-refractivity contribution in [2.24, 2.45) is 11.8 Å². The molecule has 60 valence electrons. The normalized spacial score (nSPS) is 39.3. The van der Waals surface area contributed by atoms with Crippen molar-refractivity contribution in [2.45, 2.75) is 0 Å². The molecule has 2 aliphatic heterocycles. The average molecular weight is 163 g/mol. The fourth-order valence-electron chi connectivity index (χ4n) is 2.09. The number of hydrogen-bond donors (Lipinski definition) is 1. The molecule has 0 spiro atoms. The molecule has 2 aliphatic rings. The number of hydrogen-bond acceptors (Lipinski definition) is 2. The molecule has 0 aliphatic carbocycles. The SMILES string of the molecule is CN1CC2CNC[C@H]2C1.Cl. The minimum atomic E-state index is 0. The second kappa shape index (κ2) is 3.07. The fourth-order valence-corrected chi connectivity index (χ4v) is 2.09. The Bertz CT molecular complexity index is 106. The van der Waals surface area contributed by atoms with Gasteiger partial charge in [0.15, 0.2) is 0 Å². The molecule has 0 aromatic carbocycles. The van der Waals surface area contributed by atoms with Gasteiger partial charge in [0.25, 0.3) is 0 Å². The first-order valence-electron chi connectivity index (χ1n) is 3.75. The van der Waals surface area contributed by atoms with Gasteiger partial charge in [-0.3, -0.25) is 0 Å². The van der Waals surface area contributed by atoms with Crippen molar-refractivity contribution in [1.29, 1.82) is 0 Å². The van der Waals surface area contributed by atoms with E-state index in [1.807, 2.05) is 0 Å². The zero-order valence-electron chi connectivity index (χ0n) is 6.34. The molecule has 1 unspecified atom stereocenters. The predicted octanol–water partition coefficient (Wildman–Crippen LogP) is 0.189. The van der Waals surface area contributed by atoms with Crippen LogP contribution < -0.4 is 5.32 Å². The van der Waals surface area contributed by atoms with E-state index in [-0.39, 0.29) is 12.4 Å². The Balaban J connectivity index is 0.000000500. The average Bonchev–Trinajstić information content (AvgIpc) is 2.22. The van der Waals surface area contributed by atoms with Gasteiger partial charge >= 0.3 is 0 Å². The third-order valence-electron chi connectivity index (χ3n) is 2.57. The van der Waals surface area contributed by atoms with Gasteiger partial charge in [-0.05, 0) is 32.0 Å². The predicted molar refractivity (Wildman–Crippen MR) is 44.6 cm³/mol. The van der Waals surface area contributed by atoms with Gasteiger partial charge in [0, 0.05) is 13.1 Å². The summed E-state index contributed by atoms with van der Waals surface area (Å²) in [6, 6.07) is 0. The van der Waals surface area contributed by atoms with Crippen LogP contribution >= 0.6 is 12.4 Å². The molecule has 0 saturated carbocycles. The number of nitrogens with one attached hydrogen (secondary N) is 1. The van der Waals surface area contributed by atoms with Crippen LogP contribution in [0.1, 0.15) is 0 Å². The lowest BCUT2D eigenvalue weighted by atomic mass is 10.0. The van der Waals surface area contributed by atoms with Crippen LogP contribution in [0.15, 0.2) is 0 Å². The quantitative estimate of drug-likeness (QED) is 0.547. The van der Waals surface area contributed by atoms with Crippen molar-refractivity contribution >= 4 is 12.4 Å². The molecule has 2 saturated heterocycles. The molecule has 2 fully saturated rings. The maximum atomic E-state index is 3.42. The number of rotatable bonds is 0. The number of halogens is 1. The zero-order chi connectivity index (χ0) is 6.27. The van der Waals surface area contributed by atoms with Crippen LogP contribution in [0.4, 0.5) is 0 Å². The monoisotopic (exact) mass is 162 g/mol. The summed E-state index contributed by atoms with van der Waals surface area (Å²) in [7, 11) is 2.22. The van der Waals surface area contributed by atoms with E-state index in [0.717, 1.165) is 11.8 Å². The summed E-state index contributed by atoms with van der Waals surface area (Å²) in [5, 5.41) is 3.42. The first-order valence-corrected chi connectivity index (χ1v) is 3.75. The molecule has 3 heteroatoms. The second-order valence-electron chi connectivity index (χ2n) is 3.40. The van der Waals surface area contributed by atoms with Crippen LogP contribution in [0.5, 0.6) is 0 Å². The lowest BCUT2D eigenvalue weighted by Gasteiger charge is -2.07. The smallest absolute Gasteiger partial charge is 0.00225 e. The highest BCUT2D eigenvalue weighted by Gasteiger charge is 2.33. The molecule has 1 N–H and O–H groups in total. The number of likely N-dealkylation sites (tertiary alicyclic amines) is 1. The zero-order valence-corrected chi connectivity index (χ0v) is 7.16. The fraction of sp³-hybridized carbons (Fsp3) is 1.00. The molecule has 0 aromatic heterocycles.